The smallest absolute Gasteiger partial charge is 0.262 e. The number of anilines is 3. The van der Waals surface area contributed by atoms with Crippen molar-refractivity contribution in [3.8, 4) is 17.0 Å². The first-order valence-electron chi connectivity index (χ1n) is 20.0. The maximum atomic E-state index is 13.4. The largest absolute Gasteiger partial charge is 0.507 e. The number of phenolic OH excluding ortho intramolecular Hbond substituents is 1. The van der Waals surface area contributed by atoms with Gasteiger partial charge in [0.2, 0.25) is 11.8 Å². The Balaban J connectivity index is 0.746. The van der Waals surface area contributed by atoms with E-state index in [1.165, 1.54) is 12.8 Å². The minimum Gasteiger partial charge on any atom is -0.507 e. The Morgan fingerprint density at radius 1 is 0.836 bits per heavy atom. The zero-order valence-electron chi connectivity index (χ0n) is 31.3. The van der Waals surface area contributed by atoms with Crippen LogP contribution in [-0.2, 0) is 9.59 Å². The van der Waals surface area contributed by atoms with E-state index in [4.69, 9.17) is 0 Å². The molecular weight excluding hydrogens is 699 g/mol. The molecule has 6 aliphatic heterocycles. The van der Waals surface area contributed by atoms with Crippen molar-refractivity contribution < 1.29 is 24.3 Å². The van der Waals surface area contributed by atoms with E-state index >= 15 is 0 Å². The molecule has 14 nitrogen and oxygen atoms in total. The lowest BCUT2D eigenvalue weighted by molar-refractivity contribution is -0.136. The van der Waals surface area contributed by atoms with Crippen molar-refractivity contribution in [2.24, 2.45) is 11.8 Å². The summed E-state index contributed by atoms with van der Waals surface area (Å²) in [5.41, 5.74) is 4.03. The zero-order valence-corrected chi connectivity index (χ0v) is 31.3. The Morgan fingerprint density at radius 3 is 2.40 bits per heavy atom. The number of piperidine rings is 3. The summed E-state index contributed by atoms with van der Waals surface area (Å²) in [5, 5.41) is 25.0. The summed E-state index contributed by atoms with van der Waals surface area (Å²) >= 11 is 0. The minimum absolute atomic E-state index is 0.106. The molecular formula is C41H49N9O5. The number of aromatic nitrogens is 2. The zero-order chi connectivity index (χ0) is 37.8. The van der Waals surface area contributed by atoms with E-state index in [2.05, 4.69) is 53.4 Å². The number of para-hydroxylation sites is 1. The number of nitrogens with zero attached hydrogens (tertiary/aromatic N) is 7. The number of carbonyl (C=O) groups is 4. The van der Waals surface area contributed by atoms with Gasteiger partial charge in [0.25, 0.3) is 11.8 Å². The third-order valence-corrected chi connectivity index (χ3v) is 13.1. The highest BCUT2D eigenvalue weighted by molar-refractivity contribution is 6.23. The molecule has 0 spiro atoms. The molecule has 7 heterocycles. The molecule has 4 saturated heterocycles. The van der Waals surface area contributed by atoms with E-state index in [-0.39, 0.29) is 24.5 Å². The number of imide groups is 2. The van der Waals surface area contributed by atoms with Gasteiger partial charge in [-0.2, -0.15) is 0 Å². The first kappa shape index (κ1) is 35.6. The van der Waals surface area contributed by atoms with Gasteiger partial charge in [0, 0.05) is 69.5 Å². The normalized spacial score (nSPS) is 24.6. The number of phenols is 1. The van der Waals surface area contributed by atoms with Gasteiger partial charge in [0.05, 0.1) is 28.6 Å². The Morgan fingerprint density at radius 2 is 1.62 bits per heavy atom. The van der Waals surface area contributed by atoms with E-state index in [9.17, 15) is 24.3 Å². The van der Waals surface area contributed by atoms with Gasteiger partial charge in [-0.25, -0.2) is 0 Å². The summed E-state index contributed by atoms with van der Waals surface area (Å²) in [6.45, 7) is 11.4. The van der Waals surface area contributed by atoms with Gasteiger partial charge in [0.15, 0.2) is 5.82 Å². The van der Waals surface area contributed by atoms with E-state index < -0.39 is 23.8 Å². The highest BCUT2D eigenvalue weighted by atomic mass is 16.3. The molecule has 14 heteroatoms. The van der Waals surface area contributed by atoms with Crippen LogP contribution in [0.15, 0.2) is 48.5 Å². The molecule has 4 amide bonds. The number of nitrogens with one attached hydrogen (secondary N) is 2. The number of fused-ring (bicyclic) bond motifs is 4. The topological polar surface area (TPSA) is 155 Å². The van der Waals surface area contributed by atoms with E-state index in [0.717, 1.165) is 93.8 Å². The van der Waals surface area contributed by atoms with Crippen LogP contribution in [0.5, 0.6) is 5.75 Å². The molecule has 3 atom stereocenters. The van der Waals surface area contributed by atoms with Gasteiger partial charge < -0.3 is 25.1 Å². The molecule has 4 fully saturated rings. The number of carbonyl (C=O) groups excluding carboxylic acids is 4. The molecule has 3 N–H and O–H groups in total. The number of piperazine rings is 1. The van der Waals surface area contributed by atoms with Crippen molar-refractivity contribution in [3.05, 3.63) is 59.7 Å². The third kappa shape index (κ3) is 6.69. The molecule has 3 aromatic rings. The van der Waals surface area contributed by atoms with Crippen LogP contribution in [0.2, 0.25) is 0 Å². The SMILES string of the molecule is CC(C1CCN(c2ccc3c(c2)C(=O)N(C2CCC(=O)NC2=O)C3=O)CC1)N1CCC(CN2CCN3c4cc(-c5ccccc5O)nnc4NC[C@@H]3C2)CC1. The standard InChI is InChI=1S/C41H49N9O5/c1-25(27-12-16-48(17-13-27)28-6-7-30-32(20-28)41(55)50(40(30)54)34-8-9-37(52)43-39(34)53)47-14-10-26(11-15-47)23-46-18-19-49-29(24-46)22-42-38-35(49)21-33(44-45-38)31-4-2-3-5-36(31)51/h2-7,20-21,25-27,29,34,51H,8-19,22-24H2,1H3,(H,42,45)(H,43,52,53)/t25?,29-,34?/m1/s1. The number of rotatable bonds is 7. The van der Waals surface area contributed by atoms with Gasteiger partial charge in [-0.05, 0) is 100 Å². The average molecular weight is 748 g/mol. The quantitative estimate of drug-likeness (QED) is 0.304. The number of amides is 4. The van der Waals surface area contributed by atoms with Gasteiger partial charge >= 0.3 is 0 Å². The summed E-state index contributed by atoms with van der Waals surface area (Å²) in [7, 11) is 0. The van der Waals surface area contributed by atoms with Gasteiger partial charge in [-0.1, -0.05) is 12.1 Å². The summed E-state index contributed by atoms with van der Waals surface area (Å²) < 4.78 is 0. The number of hydrogen-bond donors (Lipinski definition) is 3. The van der Waals surface area contributed by atoms with Crippen molar-refractivity contribution in [2.75, 3.05) is 74.0 Å². The van der Waals surface area contributed by atoms with Gasteiger partial charge in [-0.3, -0.25) is 34.3 Å². The lowest BCUT2D eigenvalue weighted by Gasteiger charge is -2.47. The average Bonchev–Trinajstić information content (AvgIpc) is 3.45. The van der Waals surface area contributed by atoms with Crippen LogP contribution >= 0.6 is 0 Å². The molecule has 0 saturated carbocycles. The molecule has 0 bridgehead atoms. The van der Waals surface area contributed by atoms with Crippen molar-refractivity contribution in [1.29, 1.82) is 0 Å². The predicted molar refractivity (Wildman–Crippen MR) is 207 cm³/mol. The van der Waals surface area contributed by atoms with E-state index in [0.29, 0.717) is 46.3 Å². The molecule has 9 rings (SSSR count). The monoisotopic (exact) mass is 747 g/mol. The third-order valence-electron chi connectivity index (χ3n) is 13.1. The van der Waals surface area contributed by atoms with Crippen LogP contribution in [0.25, 0.3) is 11.3 Å². The molecule has 288 valence electrons. The summed E-state index contributed by atoms with van der Waals surface area (Å²) in [4.78, 5) is 61.8. The van der Waals surface area contributed by atoms with Gasteiger partial charge in [0.1, 0.15) is 11.8 Å². The Labute approximate surface area is 320 Å². The number of likely N-dealkylation sites (tertiary alicyclic amines) is 1. The first-order chi connectivity index (χ1) is 26.7. The van der Waals surface area contributed by atoms with Crippen LogP contribution < -0.4 is 20.4 Å². The molecule has 6 aliphatic rings. The number of aromatic hydroxyl groups is 1. The lowest BCUT2D eigenvalue weighted by Crippen LogP contribution is -2.58. The van der Waals surface area contributed by atoms with Crippen LogP contribution in [0.4, 0.5) is 17.2 Å². The van der Waals surface area contributed by atoms with Crippen LogP contribution in [-0.4, -0.2) is 131 Å². The highest BCUT2D eigenvalue weighted by Gasteiger charge is 2.45. The molecule has 55 heavy (non-hydrogen) atoms. The second kappa shape index (κ2) is 14.5. The molecule has 0 radical (unpaired) electrons. The highest BCUT2D eigenvalue weighted by Crippen LogP contribution is 2.37. The first-order valence-corrected chi connectivity index (χ1v) is 20.0. The van der Waals surface area contributed by atoms with Crippen molar-refractivity contribution in [2.45, 2.75) is 63.6 Å². The van der Waals surface area contributed by atoms with Crippen LogP contribution in [0.1, 0.15) is 66.2 Å². The second-order valence-electron chi connectivity index (χ2n) is 16.2. The molecule has 0 aliphatic carbocycles. The van der Waals surface area contributed by atoms with E-state index in [1.54, 1.807) is 12.1 Å². The maximum Gasteiger partial charge on any atom is 0.262 e. The van der Waals surface area contributed by atoms with Crippen LogP contribution in [0, 0.1) is 11.8 Å². The summed E-state index contributed by atoms with van der Waals surface area (Å²) in [6.07, 6.45) is 4.82. The fourth-order valence-corrected chi connectivity index (χ4v) is 9.84. The molecule has 2 unspecified atom stereocenters. The number of hydrogen-bond acceptors (Lipinski definition) is 12. The Bertz CT molecular complexity index is 2010. The fraction of sp³-hybridized carbons (Fsp3) is 0.512. The minimum atomic E-state index is -0.955. The molecule has 2 aromatic carbocycles. The maximum absolute atomic E-state index is 13.4. The van der Waals surface area contributed by atoms with Crippen LogP contribution in [0.3, 0.4) is 0 Å². The lowest BCUT2D eigenvalue weighted by atomic mass is 9.86. The number of benzene rings is 2. The Kier molecular flexibility index (Phi) is 9.41. The summed E-state index contributed by atoms with van der Waals surface area (Å²) in [6, 6.07) is 14.7. The fourth-order valence-electron chi connectivity index (χ4n) is 9.84. The predicted octanol–water partition coefficient (Wildman–Crippen LogP) is 3.18. The summed E-state index contributed by atoms with van der Waals surface area (Å²) in [5.74, 6) is 0.417. The van der Waals surface area contributed by atoms with Crippen molar-refractivity contribution in [1.82, 2.24) is 30.2 Å². The Hall–Kier alpha value is -5.08. The van der Waals surface area contributed by atoms with E-state index in [1.807, 2.05) is 30.3 Å². The van der Waals surface area contributed by atoms with Gasteiger partial charge in [-0.15, -0.1) is 10.2 Å². The van der Waals surface area contributed by atoms with Crippen molar-refractivity contribution >= 4 is 40.8 Å². The molecule has 1 aromatic heterocycles. The second-order valence-corrected chi connectivity index (χ2v) is 16.2. The van der Waals surface area contributed by atoms with Crippen molar-refractivity contribution in [3.63, 3.8) is 0 Å².